The van der Waals surface area contributed by atoms with Crippen molar-refractivity contribution >= 4 is 11.0 Å². The average molecular weight is 231 g/mol. The Morgan fingerprint density at radius 3 is 2.41 bits per heavy atom. The summed E-state index contributed by atoms with van der Waals surface area (Å²) in [5, 5.41) is 0. The summed E-state index contributed by atoms with van der Waals surface area (Å²) in [6.07, 6.45) is 2.05. The Hall–Kier alpha value is -1.35. The number of hydrogen-bond donors (Lipinski definition) is 1. The van der Waals surface area contributed by atoms with E-state index in [4.69, 9.17) is 10.7 Å². The van der Waals surface area contributed by atoms with Gasteiger partial charge in [0.25, 0.3) is 0 Å². The number of rotatable bonds is 4. The minimum atomic E-state index is 0.00771. The topological polar surface area (TPSA) is 43.8 Å². The molecule has 0 atom stereocenters. The van der Waals surface area contributed by atoms with Gasteiger partial charge in [-0.15, -0.1) is 0 Å². The Kier molecular flexibility index (Phi) is 3.20. The van der Waals surface area contributed by atoms with Crippen molar-refractivity contribution in [2.75, 3.05) is 6.54 Å². The third-order valence-electron chi connectivity index (χ3n) is 4.01. The highest BCUT2D eigenvalue weighted by atomic mass is 15.1. The van der Waals surface area contributed by atoms with Crippen molar-refractivity contribution in [2.24, 2.45) is 12.8 Å². The lowest BCUT2D eigenvalue weighted by molar-refractivity contribution is 0.374. The first-order valence-electron chi connectivity index (χ1n) is 6.30. The normalized spacial score (nSPS) is 12.2. The molecule has 0 amide bonds. The maximum atomic E-state index is 6.00. The first kappa shape index (κ1) is 12.1. The molecule has 0 radical (unpaired) electrons. The van der Waals surface area contributed by atoms with Crippen LogP contribution in [0.5, 0.6) is 0 Å². The molecule has 0 bridgehead atoms. The fraction of sp³-hybridized carbons (Fsp3) is 0.500. The standard InChI is InChI=1S/C14H21N3/c1-4-14(5-2,10-15)13-16-11-8-6-7-9-12(11)17(13)3/h6-9H,4-5,10,15H2,1-3H3. The van der Waals surface area contributed by atoms with Crippen molar-refractivity contribution in [2.45, 2.75) is 32.1 Å². The molecule has 1 aromatic heterocycles. The van der Waals surface area contributed by atoms with Crippen molar-refractivity contribution < 1.29 is 0 Å². The predicted octanol–water partition coefficient (Wildman–Crippen LogP) is 2.59. The minimum Gasteiger partial charge on any atom is -0.331 e. The van der Waals surface area contributed by atoms with Crippen molar-refractivity contribution in [3.8, 4) is 0 Å². The van der Waals surface area contributed by atoms with E-state index in [1.165, 1.54) is 5.52 Å². The van der Waals surface area contributed by atoms with Crippen LogP contribution >= 0.6 is 0 Å². The van der Waals surface area contributed by atoms with E-state index < -0.39 is 0 Å². The van der Waals surface area contributed by atoms with Crippen LogP contribution in [0.1, 0.15) is 32.5 Å². The molecule has 0 fully saturated rings. The van der Waals surface area contributed by atoms with Crippen molar-refractivity contribution in [3.05, 3.63) is 30.1 Å². The number of para-hydroxylation sites is 2. The van der Waals surface area contributed by atoms with Gasteiger partial charge in [-0.3, -0.25) is 0 Å². The first-order valence-corrected chi connectivity index (χ1v) is 6.30. The van der Waals surface area contributed by atoms with Gasteiger partial charge in [0.1, 0.15) is 5.82 Å². The number of nitrogens with zero attached hydrogens (tertiary/aromatic N) is 2. The average Bonchev–Trinajstić information content (AvgIpc) is 2.72. The van der Waals surface area contributed by atoms with Crippen molar-refractivity contribution in [3.63, 3.8) is 0 Å². The Morgan fingerprint density at radius 1 is 1.24 bits per heavy atom. The summed E-state index contributed by atoms with van der Waals surface area (Å²) in [6.45, 7) is 5.03. The van der Waals surface area contributed by atoms with Gasteiger partial charge in [0, 0.05) is 19.0 Å². The van der Waals surface area contributed by atoms with E-state index in [0.29, 0.717) is 6.54 Å². The Morgan fingerprint density at radius 2 is 1.88 bits per heavy atom. The molecule has 0 aliphatic heterocycles. The highest BCUT2D eigenvalue weighted by molar-refractivity contribution is 5.76. The lowest BCUT2D eigenvalue weighted by Crippen LogP contribution is -2.36. The van der Waals surface area contributed by atoms with Gasteiger partial charge < -0.3 is 10.3 Å². The second-order valence-electron chi connectivity index (χ2n) is 4.67. The lowest BCUT2D eigenvalue weighted by atomic mass is 9.81. The smallest absolute Gasteiger partial charge is 0.117 e. The molecule has 0 saturated heterocycles. The van der Waals surface area contributed by atoms with Gasteiger partial charge in [-0.05, 0) is 25.0 Å². The molecule has 3 heteroatoms. The number of imidazole rings is 1. The fourth-order valence-electron chi connectivity index (χ4n) is 2.57. The second kappa shape index (κ2) is 4.49. The van der Waals surface area contributed by atoms with Crippen LogP contribution in [0.2, 0.25) is 0 Å². The van der Waals surface area contributed by atoms with Crippen LogP contribution in [0.15, 0.2) is 24.3 Å². The van der Waals surface area contributed by atoms with E-state index in [-0.39, 0.29) is 5.41 Å². The van der Waals surface area contributed by atoms with Gasteiger partial charge in [0.15, 0.2) is 0 Å². The van der Waals surface area contributed by atoms with E-state index >= 15 is 0 Å². The molecule has 0 aliphatic rings. The van der Waals surface area contributed by atoms with E-state index in [1.54, 1.807) is 0 Å². The third-order valence-corrected chi connectivity index (χ3v) is 4.01. The molecule has 0 spiro atoms. The highest BCUT2D eigenvalue weighted by Gasteiger charge is 2.31. The molecule has 1 heterocycles. The number of nitrogens with two attached hydrogens (primary N) is 1. The maximum absolute atomic E-state index is 6.00. The van der Waals surface area contributed by atoms with Gasteiger partial charge in [0.05, 0.1) is 11.0 Å². The molecular formula is C14H21N3. The Balaban J connectivity index is 2.65. The molecule has 0 aliphatic carbocycles. The summed E-state index contributed by atoms with van der Waals surface area (Å²) in [4.78, 5) is 4.78. The molecule has 2 N–H and O–H groups in total. The molecule has 2 rings (SSSR count). The van der Waals surface area contributed by atoms with E-state index in [9.17, 15) is 0 Å². The third kappa shape index (κ3) is 1.75. The number of aryl methyl sites for hydroxylation is 1. The zero-order valence-electron chi connectivity index (χ0n) is 10.9. The molecule has 3 nitrogen and oxygen atoms in total. The fourth-order valence-corrected chi connectivity index (χ4v) is 2.57. The number of benzene rings is 1. The summed E-state index contributed by atoms with van der Waals surface area (Å²) >= 11 is 0. The Labute approximate surface area is 103 Å². The zero-order chi connectivity index (χ0) is 12.5. The quantitative estimate of drug-likeness (QED) is 0.879. The number of aromatic nitrogens is 2. The van der Waals surface area contributed by atoms with Crippen LogP contribution in [-0.2, 0) is 12.5 Å². The summed E-state index contributed by atoms with van der Waals surface area (Å²) in [6, 6.07) is 8.25. The molecule has 0 saturated carbocycles. The van der Waals surface area contributed by atoms with Crippen LogP contribution in [0, 0.1) is 0 Å². The van der Waals surface area contributed by atoms with Crippen LogP contribution in [0.25, 0.3) is 11.0 Å². The first-order chi connectivity index (χ1) is 8.18. The van der Waals surface area contributed by atoms with Crippen LogP contribution < -0.4 is 5.73 Å². The van der Waals surface area contributed by atoms with Crippen LogP contribution in [0.4, 0.5) is 0 Å². The predicted molar refractivity (Wildman–Crippen MR) is 72.0 cm³/mol. The van der Waals surface area contributed by atoms with Crippen molar-refractivity contribution in [1.29, 1.82) is 0 Å². The Bertz CT molecular complexity index is 501. The van der Waals surface area contributed by atoms with Crippen molar-refractivity contribution in [1.82, 2.24) is 9.55 Å². The van der Waals surface area contributed by atoms with E-state index in [2.05, 4.69) is 43.7 Å². The zero-order valence-corrected chi connectivity index (χ0v) is 10.9. The number of fused-ring (bicyclic) bond motifs is 1. The largest absolute Gasteiger partial charge is 0.331 e. The van der Waals surface area contributed by atoms with Gasteiger partial charge in [0.2, 0.25) is 0 Å². The van der Waals surface area contributed by atoms with Gasteiger partial charge in [-0.1, -0.05) is 26.0 Å². The maximum Gasteiger partial charge on any atom is 0.117 e. The molecule has 2 aromatic rings. The molecule has 1 aromatic carbocycles. The van der Waals surface area contributed by atoms with Crippen LogP contribution in [-0.4, -0.2) is 16.1 Å². The summed E-state index contributed by atoms with van der Waals surface area (Å²) in [5.41, 5.74) is 8.25. The van der Waals surface area contributed by atoms with E-state index in [1.807, 2.05) is 6.07 Å². The van der Waals surface area contributed by atoms with Gasteiger partial charge in [-0.25, -0.2) is 4.98 Å². The van der Waals surface area contributed by atoms with Gasteiger partial charge >= 0.3 is 0 Å². The second-order valence-corrected chi connectivity index (χ2v) is 4.67. The molecule has 17 heavy (non-hydrogen) atoms. The number of hydrogen-bond acceptors (Lipinski definition) is 2. The monoisotopic (exact) mass is 231 g/mol. The molecular weight excluding hydrogens is 210 g/mol. The highest BCUT2D eigenvalue weighted by Crippen LogP contribution is 2.31. The summed E-state index contributed by atoms with van der Waals surface area (Å²) in [5.74, 6) is 1.12. The summed E-state index contributed by atoms with van der Waals surface area (Å²) in [7, 11) is 2.08. The van der Waals surface area contributed by atoms with E-state index in [0.717, 1.165) is 24.2 Å². The molecule has 0 unspecified atom stereocenters. The van der Waals surface area contributed by atoms with Crippen LogP contribution in [0.3, 0.4) is 0 Å². The SMILES string of the molecule is CCC(CC)(CN)c1nc2ccccc2n1C. The summed E-state index contributed by atoms with van der Waals surface area (Å²) < 4.78 is 2.19. The van der Waals surface area contributed by atoms with Gasteiger partial charge in [-0.2, -0.15) is 0 Å². The minimum absolute atomic E-state index is 0.00771. The lowest BCUT2D eigenvalue weighted by Gasteiger charge is -2.29. The molecule has 92 valence electrons.